The van der Waals surface area contributed by atoms with Gasteiger partial charge < -0.3 is 9.64 Å². The largest absolute Gasteiger partial charge is 0.383 e. The van der Waals surface area contributed by atoms with Crippen LogP contribution >= 0.6 is 0 Å². The van der Waals surface area contributed by atoms with Crippen LogP contribution in [-0.2, 0) is 21.2 Å². The van der Waals surface area contributed by atoms with Gasteiger partial charge in [0.1, 0.15) is 0 Å². The van der Waals surface area contributed by atoms with E-state index in [4.69, 9.17) is 4.74 Å². The summed E-state index contributed by atoms with van der Waals surface area (Å²) < 4.78 is 30.2. The summed E-state index contributed by atoms with van der Waals surface area (Å²) in [5.74, 6) is -0.0890. The maximum atomic E-state index is 12.6. The molecule has 0 saturated heterocycles. The van der Waals surface area contributed by atoms with Crippen molar-refractivity contribution in [3.63, 3.8) is 0 Å². The zero-order chi connectivity index (χ0) is 17.2. The van der Waals surface area contributed by atoms with Gasteiger partial charge in [-0.05, 0) is 43.5 Å². The molecular formula is C16H24N2O4S. The first-order valence-electron chi connectivity index (χ1n) is 7.62. The summed E-state index contributed by atoms with van der Waals surface area (Å²) in [5.41, 5.74) is 2.16. The van der Waals surface area contributed by atoms with Crippen molar-refractivity contribution in [2.24, 2.45) is 0 Å². The number of methoxy groups -OCH3 is 1. The molecule has 0 unspecified atom stereocenters. The number of likely N-dealkylation sites (N-methyl/N-ethyl adjacent to an activating group) is 1. The molecule has 0 aromatic heterocycles. The molecule has 23 heavy (non-hydrogen) atoms. The number of hydrogen-bond acceptors (Lipinski definition) is 4. The Kier molecular flexibility index (Phi) is 5.31. The smallest absolute Gasteiger partial charge is 0.253 e. The normalized spacial score (nSPS) is 15.9. The summed E-state index contributed by atoms with van der Waals surface area (Å²) in [4.78, 5) is 14.2. The first kappa shape index (κ1) is 17.7. The third-order valence-electron chi connectivity index (χ3n) is 4.19. The fourth-order valence-electron chi connectivity index (χ4n) is 2.80. The lowest BCUT2D eigenvalue weighted by molar-refractivity contribution is 0.0633. The predicted octanol–water partition coefficient (Wildman–Crippen LogP) is 1.51. The van der Waals surface area contributed by atoms with Crippen molar-refractivity contribution < 1.29 is 17.9 Å². The lowest BCUT2D eigenvalue weighted by atomic mass is 10.00. The fourth-order valence-corrected chi connectivity index (χ4v) is 3.79. The van der Waals surface area contributed by atoms with Gasteiger partial charge in [-0.2, -0.15) is 0 Å². The third kappa shape index (κ3) is 3.84. The summed E-state index contributed by atoms with van der Waals surface area (Å²) in [6.45, 7) is 2.88. The van der Waals surface area contributed by atoms with E-state index in [2.05, 4.69) is 0 Å². The zero-order valence-corrected chi connectivity index (χ0v) is 14.9. The van der Waals surface area contributed by atoms with E-state index in [1.807, 2.05) is 13.0 Å². The van der Waals surface area contributed by atoms with Crippen LogP contribution in [0.1, 0.15) is 29.3 Å². The van der Waals surface area contributed by atoms with E-state index in [-0.39, 0.29) is 11.9 Å². The Bertz CT molecular complexity index is 687. The Morgan fingerprint density at radius 2 is 2.13 bits per heavy atom. The first-order valence-corrected chi connectivity index (χ1v) is 9.47. The highest BCUT2D eigenvalue weighted by Gasteiger charge is 2.25. The van der Waals surface area contributed by atoms with E-state index in [1.165, 1.54) is 10.6 Å². The second-order valence-corrected chi connectivity index (χ2v) is 7.91. The number of ether oxygens (including phenoxy) is 1. The van der Waals surface area contributed by atoms with E-state index in [0.717, 1.165) is 18.4 Å². The Balaban J connectivity index is 2.29. The molecular weight excluding hydrogens is 316 g/mol. The molecule has 1 aromatic rings. The molecule has 1 heterocycles. The SMILES string of the molecule is COC[C@H](C)N(C)C(=O)c1ccc2c(c1)CCCN2S(C)(=O)=O. The average Bonchev–Trinajstić information content (AvgIpc) is 2.51. The van der Waals surface area contributed by atoms with Gasteiger partial charge in [0.25, 0.3) is 5.91 Å². The van der Waals surface area contributed by atoms with Crippen LogP contribution in [0, 0.1) is 0 Å². The molecule has 2 rings (SSSR count). The molecule has 1 aliphatic rings. The summed E-state index contributed by atoms with van der Waals surface area (Å²) >= 11 is 0. The second kappa shape index (κ2) is 6.88. The van der Waals surface area contributed by atoms with Crippen LogP contribution in [-0.4, -0.2) is 58.8 Å². The zero-order valence-electron chi connectivity index (χ0n) is 14.1. The van der Waals surface area contributed by atoms with Gasteiger partial charge in [0.15, 0.2) is 0 Å². The lowest BCUT2D eigenvalue weighted by Crippen LogP contribution is -2.38. The highest BCUT2D eigenvalue weighted by molar-refractivity contribution is 7.92. The fraction of sp³-hybridized carbons (Fsp3) is 0.562. The Morgan fingerprint density at radius 3 is 2.74 bits per heavy atom. The van der Waals surface area contributed by atoms with Gasteiger partial charge >= 0.3 is 0 Å². The van der Waals surface area contributed by atoms with Crippen molar-refractivity contribution in [3.8, 4) is 0 Å². The molecule has 0 aliphatic carbocycles. The van der Waals surface area contributed by atoms with Crippen LogP contribution < -0.4 is 4.31 Å². The van der Waals surface area contributed by atoms with E-state index in [9.17, 15) is 13.2 Å². The maximum Gasteiger partial charge on any atom is 0.253 e. The summed E-state index contributed by atoms with van der Waals surface area (Å²) in [7, 11) is 0.0609. The molecule has 1 aromatic carbocycles. The molecule has 0 N–H and O–H groups in total. The molecule has 6 nitrogen and oxygen atoms in total. The number of benzene rings is 1. The summed E-state index contributed by atoms with van der Waals surface area (Å²) in [6.07, 6.45) is 2.74. The van der Waals surface area contributed by atoms with E-state index in [0.29, 0.717) is 24.4 Å². The number of carbonyl (C=O) groups is 1. The third-order valence-corrected chi connectivity index (χ3v) is 5.37. The molecule has 0 fully saturated rings. The average molecular weight is 340 g/mol. The molecule has 0 bridgehead atoms. The topological polar surface area (TPSA) is 66.9 Å². The number of amides is 1. The van der Waals surface area contributed by atoms with E-state index >= 15 is 0 Å². The number of nitrogens with zero attached hydrogens (tertiary/aromatic N) is 2. The van der Waals surface area contributed by atoms with E-state index in [1.54, 1.807) is 31.2 Å². The highest BCUT2D eigenvalue weighted by atomic mass is 32.2. The number of carbonyl (C=O) groups excluding carboxylic acids is 1. The Labute approximate surface area is 138 Å². The molecule has 1 aliphatic heterocycles. The number of anilines is 1. The van der Waals surface area contributed by atoms with Gasteiger partial charge in [0, 0.05) is 26.3 Å². The maximum absolute atomic E-state index is 12.6. The predicted molar refractivity (Wildman–Crippen MR) is 90.4 cm³/mol. The van der Waals surface area contributed by atoms with Crippen LogP contribution in [0.3, 0.4) is 0 Å². The second-order valence-electron chi connectivity index (χ2n) is 6.00. The Hall–Kier alpha value is -1.60. The summed E-state index contributed by atoms with van der Waals surface area (Å²) in [6, 6.07) is 5.21. The van der Waals surface area contributed by atoms with Gasteiger partial charge in [-0.15, -0.1) is 0 Å². The van der Waals surface area contributed by atoms with Gasteiger partial charge in [-0.25, -0.2) is 8.42 Å². The minimum absolute atomic E-state index is 0.0314. The van der Waals surface area contributed by atoms with Gasteiger partial charge in [-0.1, -0.05) is 0 Å². The van der Waals surface area contributed by atoms with E-state index < -0.39 is 10.0 Å². The molecule has 0 saturated carbocycles. The van der Waals surface area contributed by atoms with Crippen LogP contribution in [0.4, 0.5) is 5.69 Å². The first-order chi connectivity index (χ1) is 10.8. The number of hydrogen-bond donors (Lipinski definition) is 0. The van der Waals surface area contributed by atoms with Gasteiger partial charge in [0.2, 0.25) is 10.0 Å². The minimum Gasteiger partial charge on any atom is -0.383 e. The van der Waals surface area contributed by atoms with Crippen molar-refractivity contribution >= 4 is 21.6 Å². The monoisotopic (exact) mass is 340 g/mol. The number of sulfonamides is 1. The Morgan fingerprint density at radius 1 is 1.43 bits per heavy atom. The van der Waals surface area contributed by atoms with Crippen molar-refractivity contribution in [2.45, 2.75) is 25.8 Å². The van der Waals surface area contributed by atoms with Crippen LogP contribution in [0.2, 0.25) is 0 Å². The van der Waals surface area contributed by atoms with Crippen molar-refractivity contribution in [1.29, 1.82) is 0 Å². The number of rotatable bonds is 5. The summed E-state index contributed by atoms with van der Waals surface area (Å²) in [5, 5.41) is 0. The standard InChI is InChI=1S/C16H24N2O4S/c1-12(11-22-3)17(2)16(19)14-7-8-15-13(10-14)6-5-9-18(15)23(4,20)21/h7-8,10,12H,5-6,9,11H2,1-4H3/t12-/m0/s1. The molecule has 1 atom stereocenters. The lowest BCUT2D eigenvalue weighted by Gasteiger charge is -2.30. The molecule has 7 heteroatoms. The van der Waals surface area contributed by atoms with Gasteiger partial charge in [-0.3, -0.25) is 9.10 Å². The van der Waals surface area contributed by atoms with Crippen LogP contribution in [0.5, 0.6) is 0 Å². The number of aryl methyl sites for hydroxylation is 1. The number of fused-ring (bicyclic) bond motifs is 1. The quantitative estimate of drug-likeness (QED) is 0.815. The minimum atomic E-state index is -3.29. The molecule has 0 spiro atoms. The molecule has 128 valence electrons. The van der Waals surface area contributed by atoms with Crippen molar-refractivity contribution in [3.05, 3.63) is 29.3 Å². The van der Waals surface area contributed by atoms with Crippen molar-refractivity contribution in [1.82, 2.24) is 4.90 Å². The van der Waals surface area contributed by atoms with Crippen LogP contribution in [0.15, 0.2) is 18.2 Å². The van der Waals surface area contributed by atoms with Crippen molar-refractivity contribution in [2.75, 3.05) is 37.9 Å². The molecule has 1 amide bonds. The highest BCUT2D eigenvalue weighted by Crippen LogP contribution is 2.30. The van der Waals surface area contributed by atoms with Crippen LogP contribution in [0.25, 0.3) is 0 Å². The molecule has 0 radical (unpaired) electrons. The van der Waals surface area contributed by atoms with Gasteiger partial charge in [0.05, 0.1) is 24.6 Å².